The van der Waals surface area contributed by atoms with Gasteiger partial charge in [0.25, 0.3) is 0 Å². The Morgan fingerprint density at radius 3 is 2.64 bits per heavy atom. The van der Waals surface area contributed by atoms with Gasteiger partial charge in [-0.3, -0.25) is 4.79 Å². The summed E-state index contributed by atoms with van der Waals surface area (Å²) in [5, 5.41) is 13.1. The van der Waals surface area contributed by atoms with Gasteiger partial charge >= 0.3 is 5.97 Å². The molecule has 3 heterocycles. The number of carbonyl (C=O) groups is 1. The molecule has 0 spiro atoms. The molecule has 1 saturated heterocycles. The van der Waals surface area contributed by atoms with Crippen molar-refractivity contribution in [2.75, 3.05) is 18.0 Å². The molecule has 2 aliphatic carbocycles. The molecule has 2 aromatic heterocycles. The molecule has 1 unspecified atom stereocenters. The highest BCUT2D eigenvalue weighted by molar-refractivity contribution is 5.93. The molecule has 148 valence electrons. The molecule has 2 aromatic rings. The van der Waals surface area contributed by atoms with Crippen molar-refractivity contribution in [3.05, 3.63) is 33.4 Å². The Balaban J connectivity index is 1.63. The SMILES string of the molecule is Cc1c(F)c(N2CCC(NC3CC3)C2)nc2c1c(=O)c(C(=O)O)cn2C1CC1. The van der Waals surface area contributed by atoms with Gasteiger partial charge < -0.3 is 19.9 Å². The smallest absolute Gasteiger partial charge is 0.341 e. The van der Waals surface area contributed by atoms with E-state index < -0.39 is 17.2 Å². The number of aromatic nitrogens is 2. The first-order valence-electron chi connectivity index (χ1n) is 9.93. The van der Waals surface area contributed by atoms with Crippen molar-refractivity contribution in [1.29, 1.82) is 0 Å². The van der Waals surface area contributed by atoms with Crippen molar-refractivity contribution in [1.82, 2.24) is 14.9 Å². The summed E-state index contributed by atoms with van der Waals surface area (Å²) in [5.41, 5.74) is -0.415. The minimum Gasteiger partial charge on any atom is -0.477 e. The molecule has 2 saturated carbocycles. The number of pyridine rings is 2. The van der Waals surface area contributed by atoms with Crippen LogP contribution in [0.15, 0.2) is 11.0 Å². The molecule has 0 bridgehead atoms. The second-order valence-corrected chi connectivity index (χ2v) is 8.26. The second-order valence-electron chi connectivity index (χ2n) is 8.26. The maximum Gasteiger partial charge on any atom is 0.341 e. The number of anilines is 1. The lowest BCUT2D eigenvalue weighted by molar-refractivity contribution is 0.0695. The normalized spacial score (nSPS) is 22.2. The lowest BCUT2D eigenvalue weighted by atomic mass is 10.1. The van der Waals surface area contributed by atoms with Crippen LogP contribution in [0.4, 0.5) is 10.2 Å². The molecule has 7 nitrogen and oxygen atoms in total. The molecule has 3 fully saturated rings. The van der Waals surface area contributed by atoms with E-state index in [4.69, 9.17) is 0 Å². The maximum atomic E-state index is 15.2. The lowest BCUT2D eigenvalue weighted by Crippen LogP contribution is -2.34. The number of halogens is 1. The number of carboxylic acids is 1. The summed E-state index contributed by atoms with van der Waals surface area (Å²) in [4.78, 5) is 30.7. The number of hydrogen-bond acceptors (Lipinski definition) is 5. The van der Waals surface area contributed by atoms with Crippen LogP contribution in [-0.2, 0) is 0 Å². The Labute approximate surface area is 161 Å². The van der Waals surface area contributed by atoms with Crippen LogP contribution in [0.2, 0.25) is 0 Å². The van der Waals surface area contributed by atoms with Crippen LogP contribution in [0.25, 0.3) is 11.0 Å². The Bertz CT molecular complexity index is 1040. The first kappa shape index (κ1) is 17.6. The molecule has 0 radical (unpaired) electrons. The zero-order chi connectivity index (χ0) is 19.6. The van der Waals surface area contributed by atoms with E-state index in [-0.39, 0.29) is 28.4 Å². The van der Waals surface area contributed by atoms with Gasteiger partial charge in [0.1, 0.15) is 11.2 Å². The molecule has 28 heavy (non-hydrogen) atoms. The zero-order valence-electron chi connectivity index (χ0n) is 15.7. The van der Waals surface area contributed by atoms with E-state index in [0.717, 1.165) is 19.3 Å². The molecule has 3 aliphatic rings. The molecule has 5 rings (SSSR count). The topological polar surface area (TPSA) is 87.5 Å². The van der Waals surface area contributed by atoms with E-state index in [1.165, 1.54) is 19.0 Å². The van der Waals surface area contributed by atoms with Crippen LogP contribution >= 0.6 is 0 Å². The standard InChI is InChI=1S/C20H23FN4O3/c1-10-15-17(26)14(20(27)28)9-25(13-4-5-13)18(15)23-19(16(10)21)24-7-6-12(8-24)22-11-2-3-11/h9,11-13,22H,2-8H2,1H3,(H,27,28). The highest BCUT2D eigenvalue weighted by Gasteiger charge is 2.33. The summed E-state index contributed by atoms with van der Waals surface area (Å²) in [6, 6.07) is 1.04. The van der Waals surface area contributed by atoms with Crippen molar-refractivity contribution >= 4 is 22.8 Å². The van der Waals surface area contributed by atoms with E-state index in [2.05, 4.69) is 10.3 Å². The van der Waals surface area contributed by atoms with Gasteiger partial charge in [0.15, 0.2) is 11.6 Å². The first-order chi connectivity index (χ1) is 13.4. The summed E-state index contributed by atoms with van der Waals surface area (Å²) < 4.78 is 17.0. The van der Waals surface area contributed by atoms with Gasteiger partial charge in [-0.25, -0.2) is 14.2 Å². The molecule has 8 heteroatoms. The maximum absolute atomic E-state index is 15.2. The number of rotatable bonds is 5. The van der Waals surface area contributed by atoms with Crippen molar-refractivity contribution < 1.29 is 14.3 Å². The van der Waals surface area contributed by atoms with E-state index in [0.29, 0.717) is 30.8 Å². The summed E-state index contributed by atoms with van der Waals surface area (Å²) in [6.07, 6.45) is 6.53. The predicted molar refractivity (Wildman–Crippen MR) is 103 cm³/mol. The average Bonchev–Trinajstić information content (AvgIpc) is 3.57. The minimum absolute atomic E-state index is 0.0832. The lowest BCUT2D eigenvalue weighted by Gasteiger charge is -2.21. The Morgan fingerprint density at radius 2 is 2.00 bits per heavy atom. The zero-order valence-corrected chi connectivity index (χ0v) is 15.7. The van der Waals surface area contributed by atoms with Crippen LogP contribution in [0.5, 0.6) is 0 Å². The number of carboxylic acid groups (broad SMARTS) is 1. The fraction of sp³-hybridized carbons (Fsp3) is 0.550. The minimum atomic E-state index is -1.29. The molecule has 0 amide bonds. The Hall–Kier alpha value is -2.48. The fourth-order valence-corrected chi connectivity index (χ4v) is 4.17. The van der Waals surface area contributed by atoms with Gasteiger partial charge in [0.2, 0.25) is 5.43 Å². The van der Waals surface area contributed by atoms with E-state index in [9.17, 15) is 14.7 Å². The number of aromatic carboxylic acids is 1. The fourth-order valence-electron chi connectivity index (χ4n) is 4.17. The first-order valence-corrected chi connectivity index (χ1v) is 9.93. The number of aryl methyl sites for hydroxylation is 1. The summed E-state index contributed by atoms with van der Waals surface area (Å²) >= 11 is 0. The van der Waals surface area contributed by atoms with E-state index >= 15 is 4.39 Å². The van der Waals surface area contributed by atoms with Crippen molar-refractivity contribution in [2.24, 2.45) is 0 Å². The predicted octanol–water partition coefficient (Wildman–Crippen LogP) is 2.21. The van der Waals surface area contributed by atoms with Gasteiger partial charge in [0, 0.05) is 43.0 Å². The van der Waals surface area contributed by atoms with Gasteiger partial charge in [-0.05, 0) is 39.0 Å². The highest BCUT2D eigenvalue weighted by atomic mass is 19.1. The molecular formula is C20H23FN4O3. The molecular weight excluding hydrogens is 363 g/mol. The van der Waals surface area contributed by atoms with Crippen molar-refractivity contribution in [3.8, 4) is 0 Å². The van der Waals surface area contributed by atoms with E-state index in [1.54, 1.807) is 11.5 Å². The van der Waals surface area contributed by atoms with Crippen LogP contribution in [0.3, 0.4) is 0 Å². The number of hydrogen-bond donors (Lipinski definition) is 2. The van der Waals surface area contributed by atoms with Crippen molar-refractivity contribution in [3.63, 3.8) is 0 Å². The molecule has 1 aliphatic heterocycles. The average molecular weight is 386 g/mol. The third-order valence-corrected chi connectivity index (χ3v) is 6.03. The second kappa shape index (κ2) is 6.27. The third-order valence-electron chi connectivity index (χ3n) is 6.03. The van der Waals surface area contributed by atoms with Gasteiger partial charge in [-0.2, -0.15) is 0 Å². The van der Waals surface area contributed by atoms with Gasteiger partial charge in [-0.1, -0.05) is 0 Å². The van der Waals surface area contributed by atoms with Crippen LogP contribution in [0, 0.1) is 12.7 Å². The van der Waals surface area contributed by atoms with Crippen LogP contribution in [-0.4, -0.2) is 45.8 Å². The molecule has 1 atom stereocenters. The monoisotopic (exact) mass is 386 g/mol. The molecule has 2 N–H and O–H groups in total. The highest BCUT2D eigenvalue weighted by Crippen LogP contribution is 2.38. The largest absolute Gasteiger partial charge is 0.477 e. The third kappa shape index (κ3) is 2.87. The van der Waals surface area contributed by atoms with Gasteiger partial charge in [-0.15, -0.1) is 0 Å². The number of fused-ring (bicyclic) bond motifs is 1. The van der Waals surface area contributed by atoms with Crippen LogP contribution < -0.4 is 15.6 Å². The Kier molecular flexibility index (Phi) is 3.94. The summed E-state index contributed by atoms with van der Waals surface area (Å²) in [7, 11) is 0. The van der Waals surface area contributed by atoms with E-state index in [1.807, 2.05) is 4.90 Å². The summed E-state index contributed by atoms with van der Waals surface area (Å²) in [5.74, 6) is -1.55. The summed E-state index contributed by atoms with van der Waals surface area (Å²) in [6.45, 7) is 2.94. The van der Waals surface area contributed by atoms with Crippen LogP contribution in [0.1, 0.15) is 54.1 Å². The Morgan fingerprint density at radius 1 is 1.25 bits per heavy atom. The van der Waals surface area contributed by atoms with Crippen molar-refractivity contribution in [2.45, 2.75) is 57.2 Å². The van der Waals surface area contributed by atoms with Gasteiger partial charge in [0.05, 0.1) is 5.39 Å². The molecule has 0 aromatic carbocycles. The number of nitrogens with one attached hydrogen (secondary N) is 1. The number of nitrogens with zero attached hydrogens (tertiary/aromatic N) is 3. The quantitative estimate of drug-likeness (QED) is 0.819.